The van der Waals surface area contributed by atoms with E-state index in [0.717, 1.165) is 5.56 Å². The number of nitro benzene ring substituents is 1. The molecule has 0 aliphatic rings. The van der Waals surface area contributed by atoms with E-state index in [1.54, 1.807) is 0 Å². The number of hydrogen-bond donors (Lipinski definition) is 1. The van der Waals surface area contributed by atoms with Crippen molar-refractivity contribution in [2.75, 3.05) is 7.11 Å². The lowest BCUT2D eigenvalue weighted by Crippen LogP contribution is -2.17. The highest BCUT2D eigenvalue weighted by atomic mass is 16.6. The molecule has 0 aliphatic carbocycles. The van der Waals surface area contributed by atoms with Gasteiger partial charge in [-0.25, -0.2) is 5.43 Å². The van der Waals surface area contributed by atoms with E-state index in [1.165, 1.54) is 50.0 Å². The summed E-state index contributed by atoms with van der Waals surface area (Å²) in [4.78, 5) is 26.8. The summed E-state index contributed by atoms with van der Waals surface area (Å²) in [7, 11) is 1.43. The molecule has 0 spiro atoms. The monoisotopic (exact) mass is 406 g/mol. The van der Waals surface area contributed by atoms with Crippen LogP contribution in [0.4, 0.5) is 5.69 Å². The van der Waals surface area contributed by atoms with E-state index in [4.69, 9.17) is 9.47 Å². The highest BCUT2D eigenvalue weighted by Gasteiger charge is 2.19. The van der Waals surface area contributed by atoms with Crippen molar-refractivity contribution in [2.24, 2.45) is 5.10 Å². The largest absolute Gasteiger partial charge is 0.493 e. The topological polar surface area (TPSA) is 116 Å². The second-order valence-corrected chi connectivity index (χ2v) is 6.03. The number of carbonyl (C=O) groups excluding carboxylic acids is 1. The van der Waals surface area contributed by atoms with Crippen molar-refractivity contribution in [2.45, 2.75) is 6.61 Å². The lowest BCUT2D eigenvalue weighted by molar-refractivity contribution is -0.385. The number of amides is 1. The van der Waals surface area contributed by atoms with Gasteiger partial charge in [-0.1, -0.05) is 30.3 Å². The number of aromatic nitrogens is 1. The van der Waals surface area contributed by atoms with E-state index >= 15 is 0 Å². The molecule has 9 heteroatoms. The Morgan fingerprint density at radius 2 is 1.90 bits per heavy atom. The lowest BCUT2D eigenvalue weighted by Gasteiger charge is -2.12. The normalized spacial score (nSPS) is 10.6. The predicted molar refractivity (Wildman–Crippen MR) is 110 cm³/mol. The van der Waals surface area contributed by atoms with Crippen LogP contribution in [0.2, 0.25) is 0 Å². The first-order chi connectivity index (χ1) is 14.6. The molecule has 0 saturated carbocycles. The fourth-order valence-corrected chi connectivity index (χ4v) is 2.56. The van der Waals surface area contributed by atoms with E-state index in [1.807, 2.05) is 30.3 Å². The number of methoxy groups -OCH3 is 1. The Bertz CT molecular complexity index is 1060. The standard InChI is InChI=1S/C21H18N4O5/c1-29-19-11-17(13-23-24-21(26)16-7-9-22-10-8-16)18(25(27)28)12-20(19)30-14-15-5-3-2-4-6-15/h2-13H,14H2,1H3,(H,24,26)/b23-13+. The van der Waals surface area contributed by atoms with E-state index in [2.05, 4.69) is 15.5 Å². The summed E-state index contributed by atoms with van der Waals surface area (Å²) in [6.45, 7) is 0.226. The van der Waals surface area contributed by atoms with E-state index in [-0.39, 0.29) is 23.6 Å². The number of rotatable bonds is 8. The Morgan fingerprint density at radius 1 is 1.17 bits per heavy atom. The number of nitro groups is 1. The third-order valence-corrected chi connectivity index (χ3v) is 4.06. The Hall–Kier alpha value is -4.27. The molecule has 0 fully saturated rings. The van der Waals surface area contributed by atoms with Crippen LogP contribution in [-0.4, -0.2) is 29.1 Å². The predicted octanol–water partition coefficient (Wildman–Crippen LogP) is 3.34. The van der Waals surface area contributed by atoms with Crippen molar-refractivity contribution in [3.63, 3.8) is 0 Å². The maximum absolute atomic E-state index is 12.0. The van der Waals surface area contributed by atoms with Gasteiger partial charge in [0.15, 0.2) is 11.5 Å². The summed E-state index contributed by atoms with van der Waals surface area (Å²) in [6.07, 6.45) is 4.13. The van der Waals surface area contributed by atoms with E-state index in [0.29, 0.717) is 11.3 Å². The number of pyridine rings is 1. The molecular weight excluding hydrogens is 388 g/mol. The zero-order valence-electron chi connectivity index (χ0n) is 16.0. The maximum Gasteiger partial charge on any atom is 0.282 e. The first-order valence-electron chi connectivity index (χ1n) is 8.85. The molecule has 0 atom stereocenters. The molecule has 9 nitrogen and oxygen atoms in total. The number of nitrogens with one attached hydrogen (secondary N) is 1. The van der Waals surface area contributed by atoms with Gasteiger partial charge in [0.1, 0.15) is 6.61 Å². The third kappa shape index (κ3) is 5.16. The second kappa shape index (κ2) is 9.78. The third-order valence-electron chi connectivity index (χ3n) is 4.06. The van der Waals surface area contributed by atoms with Crippen LogP contribution in [0.5, 0.6) is 11.5 Å². The Kier molecular flexibility index (Phi) is 6.67. The summed E-state index contributed by atoms with van der Waals surface area (Å²) in [6, 6.07) is 15.1. The minimum absolute atomic E-state index is 0.152. The first-order valence-corrected chi connectivity index (χ1v) is 8.85. The van der Waals surface area contributed by atoms with Gasteiger partial charge in [-0.05, 0) is 23.8 Å². The molecular formula is C21H18N4O5. The van der Waals surface area contributed by atoms with Crippen molar-refractivity contribution in [1.82, 2.24) is 10.4 Å². The van der Waals surface area contributed by atoms with Crippen LogP contribution in [0.25, 0.3) is 0 Å². The summed E-state index contributed by atoms with van der Waals surface area (Å²) in [5, 5.41) is 15.3. The van der Waals surface area contributed by atoms with Gasteiger partial charge in [0.2, 0.25) is 0 Å². The highest BCUT2D eigenvalue weighted by Crippen LogP contribution is 2.34. The molecule has 1 N–H and O–H groups in total. The Labute approximate surface area is 172 Å². The fraction of sp³-hybridized carbons (Fsp3) is 0.0952. The molecule has 1 heterocycles. The van der Waals surface area contributed by atoms with Crippen LogP contribution in [0.15, 0.2) is 72.1 Å². The SMILES string of the molecule is COc1cc(/C=N/NC(=O)c2ccncc2)c([N+](=O)[O-])cc1OCc1ccccc1. The van der Waals surface area contributed by atoms with Gasteiger partial charge < -0.3 is 9.47 Å². The zero-order chi connectivity index (χ0) is 21.3. The quantitative estimate of drug-likeness (QED) is 0.348. The smallest absolute Gasteiger partial charge is 0.282 e. The van der Waals surface area contributed by atoms with Crippen LogP contribution in [0.3, 0.4) is 0 Å². The van der Waals surface area contributed by atoms with Crippen molar-refractivity contribution >= 4 is 17.8 Å². The van der Waals surface area contributed by atoms with Gasteiger partial charge in [0.05, 0.1) is 29.9 Å². The van der Waals surface area contributed by atoms with E-state index in [9.17, 15) is 14.9 Å². The van der Waals surface area contributed by atoms with Gasteiger partial charge in [0, 0.05) is 18.0 Å². The average molecular weight is 406 g/mol. The zero-order valence-corrected chi connectivity index (χ0v) is 16.0. The molecule has 0 saturated heterocycles. The minimum Gasteiger partial charge on any atom is -0.493 e. The maximum atomic E-state index is 12.0. The molecule has 152 valence electrons. The van der Waals surface area contributed by atoms with Crippen LogP contribution >= 0.6 is 0 Å². The van der Waals surface area contributed by atoms with Crippen molar-refractivity contribution in [3.05, 3.63) is 93.8 Å². The van der Waals surface area contributed by atoms with Crippen molar-refractivity contribution in [1.29, 1.82) is 0 Å². The first kappa shape index (κ1) is 20.5. The molecule has 1 amide bonds. The van der Waals surface area contributed by atoms with Gasteiger partial charge in [0.25, 0.3) is 11.6 Å². The number of benzene rings is 2. The highest BCUT2D eigenvalue weighted by molar-refractivity contribution is 5.95. The number of hydrogen-bond acceptors (Lipinski definition) is 7. The number of carbonyl (C=O) groups is 1. The number of hydrazone groups is 1. The number of nitrogens with zero attached hydrogens (tertiary/aromatic N) is 3. The van der Waals surface area contributed by atoms with Crippen LogP contribution in [0, 0.1) is 10.1 Å². The summed E-state index contributed by atoms with van der Waals surface area (Å²) < 4.78 is 11.0. The molecule has 0 bridgehead atoms. The van der Waals surface area contributed by atoms with Gasteiger partial charge in [-0.15, -0.1) is 0 Å². The van der Waals surface area contributed by atoms with Crippen LogP contribution in [-0.2, 0) is 6.61 Å². The molecule has 0 unspecified atom stereocenters. The Morgan fingerprint density at radius 3 is 2.57 bits per heavy atom. The molecule has 3 aromatic rings. The van der Waals surface area contributed by atoms with Gasteiger partial charge >= 0.3 is 0 Å². The van der Waals surface area contributed by atoms with Crippen molar-refractivity contribution < 1.29 is 19.2 Å². The molecule has 0 aliphatic heterocycles. The van der Waals surface area contributed by atoms with Crippen molar-refractivity contribution in [3.8, 4) is 11.5 Å². The number of ether oxygens (including phenoxy) is 2. The van der Waals surface area contributed by atoms with Crippen LogP contribution < -0.4 is 14.9 Å². The molecule has 30 heavy (non-hydrogen) atoms. The molecule has 0 radical (unpaired) electrons. The Balaban J connectivity index is 1.80. The summed E-state index contributed by atoms with van der Waals surface area (Å²) in [5.74, 6) is 0.0653. The molecule has 2 aromatic carbocycles. The molecule has 3 rings (SSSR count). The second-order valence-electron chi connectivity index (χ2n) is 6.03. The van der Waals surface area contributed by atoms with Gasteiger partial charge in [-0.3, -0.25) is 19.9 Å². The summed E-state index contributed by atoms with van der Waals surface area (Å²) in [5.41, 5.74) is 3.51. The van der Waals surface area contributed by atoms with Crippen LogP contribution in [0.1, 0.15) is 21.5 Å². The van der Waals surface area contributed by atoms with E-state index < -0.39 is 10.8 Å². The fourth-order valence-electron chi connectivity index (χ4n) is 2.56. The van der Waals surface area contributed by atoms with Gasteiger partial charge in [-0.2, -0.15) is 5.10 Å². The minimum atomic E-state index is -0.555. The molecule has 1 aromatic heterocycles. The average Bonchev–Trinajstić information content (AvgIpc) is 2.78. The lowest BCUT2D eigenvalue weighted by atomic mass is 10.1. The summed E-state index contributed by atoms with van der Waals surface area (Å²) >= 11 is 0.